The summed E-state index contributed by atoms with van der Waals surface area (Å²) in [5.74, 6) is 0.778. The quantitative estimate of drug-likeness (QED) is 0.759. The van der Waals surface area contributed by atoms with Crippen LogP contribution >= 0.6 is 0 Å². The van der Waals surface area contributed by atoms with E-state index in [9.17, 15) is 0 Å². The molecule has 0 aliphatic heterocycles. The molecule has 0 unspecified atom stereocenters. The summed E-state index contributed by atoms with van der Waals surface area (Å²) in [6.07, 6.45) is 5.98. The van der Waals surface area contributed by atoms with Gasteiger partial charge in [0.15, 0.2) is 0 Å². The van der Waals surface area contributed by atoms with Gasteiger partial charge in [-0.2, -0.15) is 0 Å². The van der Waals surface area contributed by atoms with Crippen LogP contribution in [0.4, 0.5) is 5.69 Å². The molecule has 0 amide bonds. The second kappa shape index (κ2) is 5.77. The van der Waals surface area contributed by atoms with Crippen LogP contribution in [0.1, 0.15) is 36.8 Å². The van der Waals surface area contributed by atoms with E-state index in [0.717, 1.165) is 18.9 Å². The van der Waals surface area contributed by atoms with Gasteiger partial charge in [0, 0.05) is 18.3 Å². The van der Waals surface area contributed by atoms with E-state index >= 15 is 0 Å². The molecule has 0 aromatic heterocycles. The molecule has 2 aromatic rings. The zero-order valence-corrected chi connectivity index (χ0v) is 13.0. The average Bonchev–Trinajstić information content (AvgIpc) is 2.92. The first-order valence-electron chi connectivity index (χ1n) is 8.50. The monoisotopic (exact) mass is 292 g/mol. The fraction of sp³-hybridized carbons (Fsp3) is 0.400. The molecule has 22 heavy (non-hydrogen) atoms. The first kappa shape index (κ1) is 13.8. The third-order valence-corrected chi connectivity index (χ3v) is 5.28. The van der Waals surface area contributed by atoms with Gasteiger partial charge >= 0.3 is 0 Å². The maximum atomic E-state index is 5.99. The van der Waals surface area contributed by atoms with E-state index in [2.05, 4.69) is 47.8 Å². The van der Waals surface area contributed by atoms with E-state index in [-0.39, 0.29) is 0 Å². The lowest BCUT2D eigenvalue weighted by molar-refractivity contribution is 0.339. The van der Waals surface area contributed by atoms with Gasteiger partial charge in [0.25, 0.3) is 0 Å². The Balaban J connectivity index is 1.47. The van der Waals surface area contributed by atoms with Crippen molar-refractivity contribution in [2.45, 2.75) is 38.1 Å². The van der Waals surface area contributed by atoms with Crippen molar-refractivity contribution in [2.75, 3.05) is 11.9 Å². The van der Waals surface area contributed by atoms with Crippen molar-refractivity contribution in [2.24, 2.45) is 11.7 Å². The van der Waals surface area contributed by atoms with Crippen LogP contribution in [0.2, 0.25) is 0 Å². The van der Waals surface area contributed by atoms with E-state index in [0.29, 0.717) is 6.04 Å². The first-order chi connectivity index (χ1) is 10.8. The maximum Gasteiger partial charge on any atom is 0.0346 e. The van der Waals surface area contributed by atoms with E-state index in [4.69, 9.17) is 5.73 Å². The Kier molecular flexibility index (Phi) is 3.63. The van der Waals surface area contributed by atoms with Gasteiger partial charge in [0.1, 0.15) is 0 Å². The zero-order valence-electron chi connectivity index (χ0n) is 13.0. The highest BCUT2D eigenvalue weighted by atomic mass is 14.9. The van der Waals surface area contributed by atoms with Gasteiger partial charge in [-0.05, 0) is 72.4 Å². The summed E-state index contributed by atoms with van der Waals surface area (Å²) in [7, 11) is 0. The molecule has 3 N–H and O–H groups in total. The van der Waals surface area contributed by atoms with Gasteiger partial charge in [-0.1, -0.05) is 30.3 Å². The van der Waals surface area contributed by atoms with Crippen LogP contribution < -0.4 is 11.1 Å². The number of hydrogen-bond acceptors (Lipinski definition) is 2. The molecule has 1 fully saturated rings. The molecule has 0 heterocycles. The molecule has 1 saturated carbocycles. The fourth-order valence-corrected chi connectivity index (χ4v) is 3.89. The standard InChI is InChI=1S/C20H24N2/c21-17-8-5-14(6-9-17)13-22-18-10-7-16-11-15-3-1-2-4-19(15)20(16)12-18/h1-4,7,10,12,14,17,22H,5-6,8-9,11,13,21H2. The number of nitrogens with one attached hydrogen (secondary N) is 1. The van der Waals surface area contributed by atoms with E-state index in [1.165, 1.54) is 53.6 Å². The predicted molar refractivity (Wildman–Crippen MR) is 93.1 cm³/mol. The molecule has 2 nitrogen and oxygen atoms in total. The van der Waals surface area contributed by atoms with Crippen molar-refractivity contribution in [3.8, 4) is 11.1 Å². The highest BCUT2D eigenvalue weighted by molar-refractivity contribution is 5.79. The van der Waals surface area contributed by atoms with Gasteiger partial charge in [-0.25, -0.2) is 0 Å². The lowest BCUT2D eigenvalue weighted by atomic mass is 9.86. The Labute approximate surface area is 132 Å². The molecular weight excluding hydrogens is 268 g/mol. The third-order valence-electron chi connectivity index (χ3n) is 5.28. The van der Waals surface area contributed by atoms with Crippen molar-refractivity contribution < 1.29 is 0 Å². The van der Waals surface area contributed by atoms with Crippen molar-refractivity contribution >= 4 is 5.69 Å². The Morgan fingerprint density at radius 1 is 0.909 bits per heavy atom. The van der Waals surface area contributed by atoms with Crippen molar-refractivity contribution in [1.29, 1.82) is 0 Å². The number of hydrogen-bond donors (Lipinski definition) is 2. The summed E-state index contributed by atoms with van der Waals surface area (Å²) < 4.78 is 0. The largest absolute Gasteiger partial charge is 0.385 e. The van der Waals surface area contributed by atoms with Crippen molar-refractivity contribution in [3.63, 3.8) is 0 Å². The summed E-state index contributed by atoms with van der Waals surface area (Å²) in [5, 5.41) is 3.65. The molecule has 2 aliphatic rings. The van der Waals surface area contributed by atoms with Crippen LogP contribution in [0.5, 0.6) is 0 Å². The topological polar surface area (TPSA) is 38.0 Å². The minimum atomic E-state index is 0.438. The summed E-state index contributed by atoms with van der Waals surface area (Å²) in [6, 6.07) is 16.1. The second-order valence-electron chi connectivity index (χ2n) is 6.87. The molecule has 0 bridgehead atoms. The Morgan fingerprint density at radius 2 is 1.68 bits per heavy atom. The summed E-state index contributed by atoms with van der Waals surface area (Å²) in [4.78, 5) is 0. The highest BCUT2D eigenvalue weighted by Gasteiger charge is 2.20. The molecule has 0 atom stereocenters. The molecule has 2 aromatic carbocycles. The Bertz CT molecular complexity index is 669. The zero-order chi connectivity index (χ0) is 14.9. The maximum absolute atomic E-state index is 5.99. The van der Waals surface area contributed by atoms with Crippen LogP contribution in [0.3, 0.4) is 0 Å². The van der Waals surface area contributed by atoms with E-state index in [1.807, 2.05) is 0 Å². The van der Waals surface area contributed by atoms with E-state index < -0.39 is 0 Å². The lowest BCUT2D eigenvalue weighted by Crippen LogP contribution is -2.29. The summed E-state index contributed by atoms with van der Waals surface area (Å²) in [6.45, 7) is 1.08. The molecule has 4 rings (SSSR count). The SMILES string of the molecule is NC1CCC(CNc2ccc3c(c2)-c2ccccc2C3)CC1. The molecule has 0 spiro atoms. The van der Waals surface area contributed by atoms with Gasteiger partial charge in [-0.3, -0.25) is 0 Å². The first-order valence-corrected chi connectivity index (χ1v) is 8.50. The smallest absolute Gasteiger partial charge is 0.0346 e. The van der Waals surface area contributed by atoms with Gasteiger partial charge in [-0.15, -0.1) is 0 Å². The van der Waals surface area contributed by atoms with Crippen LogP contribution in [-0.4, -0.2) is 12.6 Å². The van der Waals surface area contributed by atoms with Gasteiger partial charge < -0.3 is 11.1 Å². The molecule has 0 radical (unpaired) electrons. The Morgan fingerprint density at radius 3 is 2.55 bits per heavy atom. The van der Waals surface area contributed by atoms with Crippen LogP contribution in [0.15, 0.2) is 42.5 Å². The fourth-order valence-electron chi connectivity index (χ4n) is 3.89. The van der Waals surface area contributed by atoms with Crippen molar-refractivity contribution in [3.05, 3.63) is 53.6 Å². The number of anilines is 1. The molecule has 0 saturated heterocycles. The van der Waals surface area contributed by atoms with Crippen LogP contribution in [0.25, 0.3) is 11.1 Å². The van der Waals surface area contributed by atoms with Gasteiger partial charge in [0.2, 0.25) is 0 Å². The summed E-state index contributed by atoms with van der Waals surface area (Å²) in [5.41, 5.74) is 13.0. The van der Waals surface area contributed by atoms with Crippen LogP contribution in [0, 0.1) is 5.92 Å². The van der Waals surface area contributed by atoms with E-state index in [1.54, 1.807) is 0 Å². The van der Waals surface area contributed by atoms with Crippen LogP contribution in [-0.2, 0) is 6.42 Å². The lowest BCUT2D eigenvalue weighted by Gasteiger charge is -2.26. The minimum absolute atomic E-state index is 0.438. The third kappa shape index (κ3) is 2.64. The Hall–Kier alpha value is -1.80. The normalized spacial score (nSPS) is 23.0. The number of rotatable bonds is 3. The minimum Gasteiger partial charge on any atom is -0.385 e. The number of benzene rings is 2. The van der Waals surface area contributed by atoms with Gasteiger partial charge in [0.05, 0.1) is 0 Å². The average molecular weight is 292 g/mol. The molecule has 2 heteroatoms. The second-order valence-corrected chi connectivity index (χ2v) is 6.87. The molecular formula is C20H24N2. The number of nitrogens with two attached hydrogens (primary N) is 1. The molecule has 114 valence electrons. The predicted octanol–water partition coefficient (Wildman–Crippen LogP) is 4.19. The summed E-state index contributed by atoms with van der Waals surface area (Å²) >= 11 is 0. The number of fused-ring (bicyclic) bond motifs is 3. The highest BCUT2D eigenvalue weighted by Crippen LogP contribution is 2.37. The molecule has 2 aliphatic carbocycles. The van der Waals surface area contributed by atoms with Crippen molar-refractivity contribution in [1.82, 2.24) is 0 Å².